The second kappa shape index (κ2) is 12.0. The molecule has 2 rings (SSSR count). The molecule has 0 bridgehead atoms. The van der Waals surface area contributed by atoms with E-state index in [9.17, 15) is 9.00 Å². The molecule has 1 saturated carbocycles. The average Bonchev–Trinajstić information content (AvgIpc) is 2.76. The third kappa shape index (κ3) is 7.46. The van der Waals surface area contributed by atoms with Crippen molar-refractivity contribution in [2.45, 2.75) is 76.8 Å². The monoisotopic (exact) mass is 420 g/mol. The van der Waals surface area contributed by atoms with E-state index in [1.165, 1.54) is 0 Å². The molecule has 0 aromatic heterocycles. The molecule has 29 heavy (non-hydrogen) atoms. The number of guanidine groups is 1. The van der Waals surface area contributed by atoms with Crippen LogP contribution in [0.3, 0.4) is 0 Å². The lowest BCUT2D eigenvalue weighted by Crippen LogP contribution is -2.46. The number of benzene rings is 1. The second-order valence-corrected chi connectivity index (χ2v) is 9.71. The Morgan fingerprint density at radius 2 is 1.97 bits per heavy atom. The predicted octanol–water partition coefficient (Wildman–Crippen LogP) is 2.96. The number of rotatable bonds is 8. The minimum Gasteiger partial charge on any atom is -0.354 e. The molecule has 162 valence electrons. The van der Waals surface area contributed by atoms with Gasteiger partial charge in [-0.2, -0.15) is 0 Å². The number of nitrogens with zero attached hydrogens (tertiary/aromatic N) is 1. The van der Waals surface area contributed by atoms with Gasteiger partial charge >= 0.3 is 0 Å². The highest BCUT2D eigenvalue weighted by atomic mass is 32.2. The van der Waals surface area contributed by atoms with Gasteiger partial charge in [-0.05, 0) is 50.3 Å². The van der Waals surface area contributed by atoms with E-state index in [1.54, 1.807) is 7.05 Å². The minimum atomic E-state index is -0.728. The van der Waals surface area contributed by atoms with Crippen molar-refractivity contribution >= 4 is 22.7 Å². The molecule has 0 radical (unpaired) electrons. The summed E-state index contributed by atoms with van der Waals surface area (Å²) >= 11 is 0. The molecule has 4 unspecified atom stereocenters. The second-order valence-electron chi connectivity index (χ2n) is 7.70. The van der Waals surface area contributed by atoms with Crippen LogP contribution in [0.25, 0.3) is 0 Å². The van der Waals surface area contributed by atoms with E-state index < -0.39 is 10.8 Å². The summed E-state index contributed by atoms with van der Waals surface area (Å²) in [5.41, 5.74) is 1.76. The SMILES string of the molecule is CCC(C)NC(=O)c1ccc(CNC(=NC)NC2CCCC(S(=O)CC)C2)cc1. The summed E-state index contributed by atoms with van der Waals surface area (Å²) < 4.78 is 12.1. The van der Waals surface area contributed by atoms with Crippen molar-refractivity contribution in [2.24, 2.45) is 4.99 Å². The lowest BCUT2D eigenvalue weighted by molar-refractivity contribution is 0.0939. The van der Waals surface area contributed by atoms with Crippen molar-refractivity contribution in [3.05, 3.63) is 35.4 Å². The Morgan fingerprint density at radius 1 is 1.24 bits per heavy atom. The molecule has 0 saturated heterocycles. The Morgan fingerprint density at radius 3 is 2.59 bits per heavy atom. The number of hydrogen-bond acceptors (Lipinski definition) is 3. The smallest absolute Gasteiger partial charge is 0.251 e. The molecule has 1 aliphatic carbocycles. The number of amides is 1. The summed E-state index contributed by atoms with van der Waals surface area (Å²) in [7, 11) is 1.04. The van der Waals surface area contributed by atoms with Crippen LogP contribution >= 0.6 is 0 Å². The lowest BCUT2D eigenvalue weighted by atomic mass is 9.95. The van der Waals surface area contributed by atoms with Gasteiger partial charge < -0.3 is 16.0 Å². The van der Waals surface area contributed by atoms with Crippen LogP contribution in [-0.4, -0.2) is 46.2 Å². The molecule has 1 aromatic rings. The molecule has 1 amide bonds. The van der Waals surface area contributed by atoms with E-state index >= 15 is 0 Å². The molecular weight excluding hydrogens is 384 g/mol. The molecular formula is C22H36N4O2S. The third-order valence-electron chi connectivity index (χ3n) is 5.51. The van der Waals surface area contributed by atoms with Gasteiger partial charge in [-0.15, -0.1) is 0 Å². The fourth-order valence-electron chi connectivity index (χ4n) is 3.51. The topological polar surface area (TPSA) is 82.6 Å². The van der Waals surface area contributed by atoms with Crippen molar-refractivity contribution in [1.29, 1.82) is 0 Å². The molecule has 3 N–H and O–H groups in total. The normalized spacial score (nSPS) is 21.9. The zero-order valence-corrected chi connectivity index (χ0v) is 19.0. The molecule has 4 atom stereocenters. The van der Waals surface area contributed by atoms with Crippen LogP contribution in [0.5, 0.6) is 0 Å². The Bertz CT molecular complexity index is 705. The Kier molecular flexibility index (Phi) is 9.64. The zero-order chi connectivity index (χ0) is 21.2. The van der Waals surface area contributed by atoms with E-state index in [4.69, 9.17) is 0 Å². The van der Waals surface area contributed by atoms with Crippen LogP contribution in [-0.2, 0) is 17.3 Å². The predicted molar refractivity (Wildman–Crippen MR) is 122 cm³/mol. The quantitative estimate of drug-likeness (QED) is 0.446. The Labute approximate surface area is 177 Å². The molecule has 6 nitrogen and oxygen atoms in total. The number of nitrogens with one attached hydrogen (secondary N) is 3. The van der Waals surface area contributed by atoms with Crippen molar-refractivity contribution < 1.29 is 9.00 Å². The van der Waals surface area contributed by atoms with E-state index in [0.29, 0.717) is 23.4 Å². The first-order chi connectivity index (χ1) is 14.0. The van der Waals surface area contributed by atoms with Crippen molar-refractivity contribution in [3.63, 3.8) is 0 Å². The van der Waals surface area contributed by atoms with Crippen LogP contribution in [0.4, 0.5) is 0 Å². The molecule has 0 heterocycles. The molecule has 0 aliphatic heterocycles. The first-order valence-corrected chi connectivity index (χ1v) is 12.1. The summed E-state index contributed by atoms with van der Waals surface area (Å²) in [5, 5.41) is 10.1. The van der Waals surface area contributed by atoms with Crippen molar-refractivity contribution in [1.82, 2.24) is 16.0 Å². The average molecular weight is 421 g/mol. The first kappa shape index (κ1) is 23.4. The maximum Gasteiger partial charge on any atom is 0.251 e. The lowest BCUT2D eigenvalue weighted by Gasteiger charge is -2.30. The van der Waals surface area contributed by atoms with E-state index in [0.717, 1.165) is 49.4 Å². The number of carbonyl (C=O) groups is 1. The standard InChI is InChI=1S/C22H36N4O2S/c1-5-16(3)25-21(27)18-12-10-17(11-13-18)15-24-22(23-4)26-19-8-7-9-20(14-19)29(28)6-2/h10-13,16,19-20H,5-9,14-15H2,1-4H3,(H,25,27)(H2,23,24,26). The summed E-state index contributed by atoms with van der Waals surface area (Å²) in [4.78, 5) is 16.5. The van der Waals surface area contributed by atoms with Crippen LogP contribution < -0.4 is 16.0 Å². The van der Waals surface area contributed by atoms with E-state index in [2.05, 4.69) is 27.9 Å². The van der Waals surface area contributed by atoms with Crippen molar-refractivity contribution in [3.8, 4) is 0 Å². The van der Waals surface area contributed by atoms with Crippen LogP contribution in [0.1, 0.15) is 68.8 Å². The highest BCUT2D eigenvalue weighted by Crippen LogP contribution is 2.23. The number of carbonyl (C=O) groups excluding carboxylic acids is 1. The Balaban J connectivity index is 1.84. The largest absolute Gasteiger partial charge is 0.354 e. The summed E-state index contributed by atoms with van der Waals surface area (Å²) in [6.45, 7) is 6.68. The summed E-state index contributed by atoms with van der Waals surface area (Å²) in [5.74, 6) is 1.46. The molecule has 7 heteroatoms. The van der Waals surface area contributed by atoms with Gasteiger partial charge in [0.25, 0.3) is 5.91 Å². The van der Waals surface area contributed by atoms with Gasteiger partial charge in [-0.3, -0.25) is 14.0 Å². The van der Waals surface area contributed by atoms with Gasteiger partial charge in [0.05, 0.1) is 0 Å². The van der Waals surface area contributed by atoms with Gasteiger partial charge in [0, 0.05) is 53.0 Å². The fraction of sp³-hybridized carbons (Fsp3) is 0.636. The first-order valence-electron chi connectivity index (χ1n) is 10.7. The van der Waals surface area contributed by atoms with Gasteiger partial charge in [-0.1, -0.05) is 32.4 Å². The zero-order valence-electron chi connectivity index (χ0n) is 18.2. The molecule has 1 aromatic carbocycles. The maximum absolute atomic E-state index is 12.2. The number of aliphatic imine (C=N–C) groups is 1. The molecule has 1 aliphatic rings. The summed E-state index contributed by atoms with van der Waals surface area (Å²) in [6, 6.07) is 8.13. The van der Waals surface area contributed by atoms with Gasteiger partial charge in [-0.25, -0.2) is 0 Å². The fourth-order valence-corrected chi connectivity index (χ4v) is 4.86. The van der Waals surface area contributed by atoms with Gasteiger partial charge in [0.1, 0.15) is 0 Å². The highest BCUT2D eigenvalue weighted by Gasteiger charge is 2.26. The summed E-state index contributed by atoms with van der Waals surface area (Å²) in [6.07, 6.45) is 5.09. The van der Waals surface area contributed by atoms with Gasteiger partial charge in [0.15, 0.2) is 5.96 Å². The van der Waals surface area contributed by atoms with Crippen LogP contribution in [0.15, 0.2) is 29.3 Å². The Hall–Kier alpha value is -1.89. The maximum atomic E-state index is 12.2. The van der Waals surface area contributed by atoms with Crippen LogP contribution in [0.2, 0.25) is 0 Å². The highest BCUT2D eigenvalue weighted by molar-refractivity contribution is 7.85. The van der Waals surface area contributed by atoms with E-state index in [-0.39, 0.29) is 11.9 Å². The van der Waals surface area contributed by atoms with Gasteiger partial charge in [0.2, 0.25) is 0 Å². The minimum absolute atomic E-state index is 0.0346. The van der Waals surface area contributed by atoms with E-state index in [1.807, 2.05) is 38.1 Å². The van der Waals surface area contributed by atoms with Crippen LogP contribution in [0, 0.1) is 0 Å². The number of hydrogen-bond donors (Lipinski definition) is 3. The van der Waals surface area contributed by atoms with Crippen molar-refractivity contribution in [2.75, 3.05) is 12.8 Å². The molecule has 1 fully saturated rings. The third-order valence-corrected chi connectivity index (χ3v) is 7.25. The molecule has 0 spiro atoms.